The van der Waals surface area contributed by atoms with Crippen molar-refractivity contribution in [3.05, 3.63) is 0 Å². The van der Waals surface area contributed by atoms with Gasteiger partial charge in [0.2, 0.25) is 17.8 Å². The lowest BCUT2D eigenvalue weighted by molar-refractivity contribution is 0.265. The number of aromatic nitrogens is 3. The van der Waals surface area contributed by atoms with Crippen molar-refractivity contribution in [1.82, 2.24) is 15.0 Å². The van der Waals surface area contributed by atoms with E-state index in [0.717, 1.165) is 26.1 Å². The first-order chi connectivity index (χ1) is 9.64. The van der Waals surface area contributed by atoms with E-state index in [-0.39, 0.29) is 6.61 Å². The van der Waals surface area contributed by atoms with Crippen LogP contribution < -0.4 is 15.5 Å². The van der Waals surface area contributed by atoms with Crippen molar-refractivity contribution in [3.8, 4) is 0 Å². The summed E-state index contributed by atoms with van der Waals surface area (Å²) < 4.78 is 0. The van der Waals surface area contributed by atoms with Crippen LogP contribution in [0.1, 0.15) is 27.2 Å². The standard InChI is InChI=1S/C13H26N6O/c1-5-19(6-2)13-17-11(14-4)16-12(18-13)15-9-10(3)7-8-20/h10,20H,5-9H2,1-4H3,(H2,14,15,16,17,18). The summed E-state index contributed by atoms with van der Waals surface area (Å²) in [4.78, 5) is 15.2. The van der Waals surface area contributed by atoms with Gasteiger partial charge in [-0.15, -0.1) is 0 Å². The Hall–Kier alpha value is -1.63. The monoisotopic (exact) mass is 282 g/mol. The fourth-order valence-electron chi connectivity index (χ4n) is 1.79. The van der Waals surface area contributed by atoms with Crippen LogP contribution in [0, 0.1) is 5.92 Å². The molecule has 0 saturated heterocycles. The van der Waals surface area contributed by atoms with E-state index in [4.69, 9.17) is 5.11 Å². The summed E-state index contributed by atoms with van der Waals surface area (Å²) in [5.41, 5.74) is 0. The van der Waals surface area contributed by atoms with Crippen LogP contribution in [0.4, 0.5) is 17.8 Å². The van der Waals surface area contributed by atoms with Gasteiger partial charge >= 0.3 is 0 Å². The molecule has 1 aromatic rings. The van der Waals surface area contributed by atoms with Gasteiger partial charge in [0.25, 0.3) is 0 Å². The number of rotatable bonds is 9. The maximum Gasteiger partial charge on any atom is 0.231 e. The molecule has 0 amide bonds. The predicted molar refractivity (Wildman–Crippen MR) is 82.3 cm³/mol. The van der Waals surface area contributed by atoms with Crippen LogP contribution in [0.5, 0.6) is 0 Å². The Kier molecular flexibility index (Phi) is 7.00. The van der Waals surface area contributed by atoms with E-state index in [9.17, 15) is 0 Å². The molecule has 1 unspecified atom stereocenters. The van der Waals surface area contributed by atoms with Crippen molar-refractivity contribution in [2.45, 2.75) is 27.2 Å². The zero-order valence-corrected chi connectivity index (χ0v) is 12.8. The maximum atomic E-state index is 8.91. The highest BCUT2D eigenvalue weighted by atomic mass is 16.3. The van der Waals surface area contributed by atoms with E-state index >= 15 is 0 Å². The molecule has 0 saturated carbocycles. The number of hydrogen-bond acceptors (Lipinski definition) is 7. The topological polar surface area (TPSA) is 86.2 Å². The smallest absolute Gasteiger partial charge is 0.231 e. The van der Waals surface area contributed by atoms with Crippen LogP contribution >= 0.6 is 0 Å². The van der Waals surface area contributed by atoms with Crippen LogP contribution in [0.15, 0.2) is 0 Å². The van der Waals surface area contributed by atoms with Crippen LogP contribution in [-0.2, 0) is 0 Å². The van der Waals surface area contributed by atoms with Gasteiger partial charge in [0.15, 0.2) is 0 Å². The third kappa shape index (κ3) is 4.80. The van der Waals surface area contributed by atoms with E-state index in [1.807, 2.05) is 0 Å². The highest BCUT2D eigenvalue weighted by Gasteiger charge is 2.11. The SMILES string of the molecule is CCN(CC)c1nc(NC)nc(NCC(C)CCO)n1. The Balaban J connectivity index is 2.82. The molecule has 0 aliphatic heterocycles. The van der Waals surface area contributed by atoms with Gasteiger partial charge in [0.05, 0.1) is 0 Å². The first-order valence-corrected chi connectivity index (χ1v) is 7.18. The Morgan fingerprint density at radius 2 is 1.80 bits per heavy atom. The van der Waals surface area contributed by atoms with Crippen molar-refractivity contribution in [2.75, 3.05) is 48.8 Å². The Morgan fingerprint density at radius 3 is 2.35 bits per heavy atom. The van der Waals surface area contributed by atoms with Gasteiger partial charge in [-0.25, -0.2) is 0 Å². The zero-order valence-electron chi connectivity index (χ0n) is 12.8. The third-order valence-corrected chi connectivity index (χ3v) is 3.12. The van der Waals surface area contributed by atoms with Gasteiger partial charge in [-0.3, -0.25) is 0 Å². The lowest BCUT2D eigenvalue weighted by Gasteiger charge is -2.20. The van der Waals surface area contributed by atoms with E-state index in [0.29, 0.717) is 23.8 Å². The molecule has 3 N–H and O–H groups in total. The molecule has 0 aromatic carbocycles. The second-order valence-electron chi connectivity index (χ2n) is 4.70. The zero-order chi connectivity index (χ0) is 15.0. The van der Waals surface area contributed by atoms with Gasteiger partial charge in [-0.2, -0.15) is 15.0 Å². The van der Waals surface area contributed by atoms with Gasteiger partial charge in [-0.05, 0) is 26.2 Å². The molecule has 20 heavy (non-hydrogen) atoms. The summed E-state index contributed by atoms with van der Waals surface area (Å²) in [6.07, 6.45) is 0.764. The first-order valence-electron chi connectivity index (χ1n) is 7.18. The molecule has 1 aromatic heterocycles. The number of aliphatic hydroxyl groups excluding tert-OH is 1. The van der Waals surface area contributed by atoms with Gasteiger partial charge in [0.1, 0.15) is 0 Å². The fourth-order valence-corrected chi connectivity index (χ4v) is 1.79. The number of aliphatic hydroxyl groups is 1. The van der Waals surface area contributed by atoms with Crippen molar-refractivity contribution >= 4 is 17.8 Å². The third-order valence-electron chi connectivity index (χ3n) is 3.12. The number of nitrogens with zero attached hydrogens (tertiary/aromatic N) is 4. The molecule has 0 fully saturated rings. The fraction of sp³-hybridized carbons (Fsp3) is 0.769. The largest absolute Gasteiger partial charge is 0.396 e. The average molecular weight is 282 g/mol. The molecule has 7 nitrogen and oxygen atoms in total. The molecule has 1 atom stereocenters. The van der Waals surface area contributed by atoms with E-state index in [2.05, 4.69) is 51.3 Å². The molecule has 1 rings (SSSR count). The quantitative estimate of drug-likeness (QED) is 0.627. The molecule has 114 valence electrons. The van der Waals surface area contributed by atoms with E-state index in [1.54, 1.807) is 7.05 Å². The Morgan fingerprint density at radius 1 is 1.15 bits per heavy atom. The number of anilines is 3. The highest BCUT2D eigenvalue weighted by molar-refractivity contribution is 5.43. The highest BCUT2D eigenvalue weighted by Crippen LogP contribution is 2.13. The van der Waals surface area contributed by atoms with Gasteiger partial charge < -0.3 is 20.6 Å². The summed E-state index contributed by atoms with van der Waals surface area (Å²) in [6, 6.07) is 0. The Bertz CT molecular complexity index is 396. The van der Waals surface area contributed by atoms with E-state index < -0.39 is 0 Å². The molecule has 0 spiro atoms. The Labute approximate surface area is 120 Å². The molecule has 7 heteroatoms. The molecular formula is C13H26N6O. The normalized spacial score (nSPS) is 12.1. The van der Waals surface area contributed by atoms with Crippen LogP contribution in [0.25, 0.3) is 0 Å². The number of nitrogens with one attached hydrogen (secondary N) is 2. The molecular weight excluding hydrogens is 256 g/mol. The average Bonchev–Trinajstić information content (AvgIpc) is 2.46. The predicted octanol–water partition coefficient (Wildman–Crippen LogP) is 1.19. The minimum Gasteiger partial charge on any atom is -0.396 e. The number of hydrogen-bond donors (Lipinski definition) is 3. The second kappa shape index (κ2) is 8.52. The summed E-state index contributed by atoms with van der Waals surface area (Å²) in [5, 5.41) is 15.1. The molecule has 0 aliphatic carbocycles. The summed E-state index contributed by atoms with van der Waals surface area (Å²) in [6.45, 7) is 8.85. The molecule has 1 heterocycles. The van der Waals surface area contributed by atoms with E-state index in [1.165, 1.54) is 0 Å². The minimum atomic E-state index is 0.201. The summed E-state index contributed by atoms with van der Waals surface area (Å²) in [7, 11) is 1.79. The van der Waals surface area contributed by atoms with Crippen LogP contribution in [0.2, 0.25) is 0 Å². The van der Waals surface area contributed by atoms with Crippen molar-refractivity contribution in [3.63, 3.8) is 0 Å². The van der Waals surface area contributed by atoms with Gasteiger partial charge in [-0.1, -0.05) is 6.92 Å². The molecule has 0 radical (unpaired) electrons. The lowest BCUT2D eigenvalue weighted by atomic mass is 10.1. The maximum absolute atomic E-state index is 8.91. The van der Waals surface area contributed by atoms with Crippen molar-refractivity contribution in [1.29, 1.82) is 0 Å². The van der Waals surface area contributed by atoms with Crippen LogP contribution in [-0.4, -0.2) is 53.3 Å². The minimum absolute atomic E-state index is 0.201. The summed E-state index contributed by atoms with van der Waals surface area (Å²) >= 11 is 0. The van der Waals surface area contributed by atoms with Crippen molar-refractivity contribution in [2.24, 2.45) is 5.92 Å². The lowest BCUT2D eigenvalue weighted by Crippen LogP contribution is -2.25. The summed E-state index contributed by atoms with van der Waals surface area (Å²) in [5.74, 6) is 2.16. The van der Waals surface area contributed by atoms with Crippen LogP contribution in [0.3, 0.4) is 0 Å². The first kappa shape index (κ1) is 16.4. The van der Waals surface area contributed by atoms with Crippen molar-refractivity contribution < 1.29 is 5.11 Å². The van der Waals surface area contributed by atoms with Gasteiger partial charge in [0, 0.05) is 33.3 Å². The molecule has 0 bridgehead atoms. The molecule has 0 aliphatic rings. The second-order valence-corrected chi connectivity index (χ2v) is 4.70.